The molecule has 0 atom stereocenters. The molecular weight excluding hydrogens is 412 g/mol. The molecule has 166 valence electrons. The number of unbranched alkanes of at least 4 members (excludes halogenated alkanes) is 2. The fourth-order valence-corrected chi connectivity index (χ4v) is 4.24. The van der Waals surface area contributed by atoms with E-state index in [2.05, 4.69) is 31.2 Å². The van der Waals surface area contributed by atoms with Crippen LogP contribution in [0.2, 0.25) is 0 Å². The topological polar surface area (TPSA) is 23.8 Å². The Kier molecular flexibility index (Phi) is 7.15. The maximum absolute atomic E-state index is 15.2. The van der Waals surface area contributed by atoms with Gasteiger partial charge in [-0.3, -0.25) is 0 Å². The van der Waals surface area contributed by atoms with Crippen molar-refractivity contribution in [2.75, 3.05) is 0 Å². The first kappa shape index (κ1) is 22.7. The Labute approximate surface area is 194 Å². The molecule has 0 aliphatic carbocycles. The van der Waals surface area contributed by atoms with Crippen molar-refractivity contribution in [3.63, 3.8) is 0 Å². The van der Waals surface area contributed by atoms with Crippen LogP contribution in [0.1, 0.15) is 48.4 Å². The standard InChI is InChI=1S/C30H27F2N/c1-2-3-4-5-21-6-10-23(11-7-21)25-16-17-28-26(19-25)15-14-24(30(28)32)12-8-22-9-13-27(20-33)29(31)18-22/h6-7,9-11,13-19H,2-5,8,12H2,1H3. The summed E-state index contributed by atoms with van der Waals surface area (Å²) < 4.78 is 29.0. The van der Waals surface area contributed by atoms with Gasteiger partial charge in [-0.25, -0.2) is 8.78 Å². The minimum Gasteiger partial charge on any atom is -0.206 e. The van der Waals surface area contributed by atoms with Gasteiger partial charge in [0.1, 0.15) is 17.7 Å². The van der Waals surface area contributed by atoms with Gasteiger partial charge < -0.3 is 0 Å². The summed E-state index contributed by atoms with van der Waals surface area (Å²) in [5.74, 6) is -0.755. The molecule has 1 nitrogen and oxygen atoms in total. The van der Waals surface area contributed by atoms with E-state index < -0.39 is 5.82 Å². The van der Waals surface area contributed by atoms with Gasteiger partial charge in [-0.05, 0) is 77.1 Å². The first-order valence-electron chi connectivity index (χ1n) is 11.6. The molecule has 4 aromatic carbocycles. The van der Waals surface area contributed by atoms with Gasteiger partial charge in [0, 0.05) is 5.39 Å². The van der Waals surface area contributed by atoms with Crippen molar-refractivity contribution >= 4 is 10.8 Å². The highest BCUT2D eigenvalue weighted by Crippen LogP contribution is 2.28. The summed E-state index contributed by atoms with van der Waals surface area (Å²) >= 11 is 0. The number of nitrogens with zero attached hydrogens (tertiary/aromatic N) is 1. The molecule has 0 saturated carbocycles. The van der Waals surface area contributed by atoms with Crippen molar-refractivity contribution in [2.45, 2.75) is 45.4 Å². The minimum atomic E-state index is -0.532. The molecule has 33 heavy (non-hydrogen) atoms. The molecule has 0 bridgehead atoms. The molecule has 0 aromatic heterocycles. The van der Waals surface area contributed by atoms with E-state index in [4.69, 9.17) is 5.26 Å². The third kappa shape index (κ3) is 5.29. The van der Waals surface area contributed by atoms with Crippen molar-refractivity contribution in [3.8, 4) is 17.2 Å². The SMILES string of the molecule is CCCCCc1ccc(-c2ccc3c(F)c(CCc4ccc(C#N)c(F)c4)ccc3c2)cc1. The average molecular weight is 440 g/mol. The molecule has 0 spiro atoms. The molecule has 3 heteroatoms. The smallest absolute Gasteiger partial charge is 0.141 e. The second kappa shape index (κ2) is 10.4. The molecule has 0 heterocycles. The quantitative estimate of drug-likeness (QED) is 0.254. The molecule has 4 rings (SSSR count). The van der Waals surface area contributed by atoms with Crippen molar-refractivity contribution in [2.24, 2.45) is 0 Å². The zero-order chi connectivity index (χ0) is 23.2. The van der Waals surface area contributed by atoms with Crippen molar-refractivity contribution < 1.29 is 8.78 Å². The Hall–Kier alpha value is -3.51. The minimum absolute atomic E-state index is 0.0255. The molecule has 0 radical (unpaired) electrons. The highest BCUT2D eigenvalue weighted by molar-refractivity contribution is 5.88. The van der Waals surface area contributed by atoms with Crippen molar-refractivity contribution in [1.82, 2.24) is 0 Å². The van der Waals surface area contributed by atoms with Crippen LogP contribution in [0.4, 0.5) is 8.78 Å². The third-order valence-corrected chi connectivity index (χ3v) is 6.23. The van der Waals surface area contributed by atoms with Crippen LogP contribution in [0.5, 0.6) is 0 Å². The lowest BCUT2D eigenvalue weighted by Crippen LogP contribution is -1.97. The monoisotopic (exact) mass is 439 g/mol. The maximum Gasteiger partial charge on any atom is 0.141 e. The number of rotatable bonds is 8. The highest BCUT2D eigenvalue weighted by atomic mass is 19.1. The Bertz CT molecular complexity index is 1300. The summed E-state index contributed by atoms with van der Waals surface area (Å²) in [5, 5.41) is 10.3. The predicted octanol–water partition coefficient (Wildman–Crippen LogP) is 8.17. The average Bonchev–Trinajstić information content (AvgIpc) is 2.84. The second-order valence-corrected chi connectivity index (χ2v) is 8.55. The molecule has 0 unspecified atom stereocenters. The van der Waals surface area contributed by atoms with Crippen LogP contribution < -0.4 is 0 Å². The molecular formula is C30H27F2N. The van der Waals surface area contributed by atoms with E-state index in [1.165, 1.54) is 37.0 Å². The molecule has 0 aliphatic heterocycles. The van der Waals surface area contributed by atoms with Crippen LogP contribution in [-0.4, -0.2) is 0 Å². The first-order chi connectivity index (χ1) is 16.1. The lowest BCUT2D eigenvalue weighted by molar-refractivity contribution is 0.616. The maximum atomic E-state index is 15.2. The fraction of sp³-hybridized carbons (Fsp3) is 0.233. The summed E-state index contributed by atoms with van der Waals surface area (Å²) in [7, 11) is 0. The van der Waals surface area contributed by atoms with E-state index in [-0.39, 0.29) is 11.4 Å². The van der Waals surface area contributed by atoms with Crippen molar-refractivity contribution in [3.05, 3.63) is 107 Å². The first-order valence-corrected chi connectivity index (χ1v) is 11.6. The van der Waals surface area contributed by atoms with Gasteiger partial charge in [-0.2, -0.15) is 5.26 Å². The van der Waals surface area contributed by atoms with E-state index >= 15 is 4.39 Å². The Morgan fingerprint density at radius 1 is 0.727 bits per heavy atom. The summed E-state index contributed by atoms with van der Waals surface area (Å²) in [6, 6.07) is 24.7. The van der Waals surface area contributed by atoms with E-state index in [0.717, 1.165) is 28.5 Å². The largest absolute Gasteiger partial charge is 0.206 e. The van der Waals surface area contributed by atoms with Crippen LogP contribution in [-0.2, 0) is 19.3 Å². The van der Waals surface area contributed by atoms with E-state index in [1.54, 1.807) is 6.07 Å². The number of nitriles is 1. The fourth-order valence-electron chi connectivity index (χ4n) is 4.24. The summed E-state index contributed by atoms with van der Waals surface area (Å²) in [6.45, 7) is 2.21. The van der Waals surface area contributed by atoms with Gasteiger partial charge in [0.15, 0.2) is 0 Å². The van der Waals surface area contributed by atoms with Gasteiger partial charge in [0.25, 0.3) is 0 Å². The van der Waals surface area contributed by atoms with Gasteiger partial charge in [0.05, 0.1) is 5.56 Å². The van der Waals surface area contributed by atoms with Gasteiger partial charge in [0.2, 0.25) is 0 Å². The van der Waals surface area contributed by atoms with Crippen LogP contribution in [0.25, 0.3) is 21.9 Å². The van der Waals surface area contributed by atoms with Gasteiger partial charge in [-0.15, -0.1) is 0 Å². The zero-order valence-electron chi connectivity index (χ0n) is 18.9. The highest BCUT2D eigenvalue weighted by Gasteiger charge is 2.10. The van der Waals surface area contributed by atoms with Crippen LogP contribution in [0.3, 0.4) is 0 Å². The van der Waals surface area contributed by atoms with Crippen LogP contribution in [0, 0.1) is 23.0 Å². The Morgan fingerprint density at radius 2 is 1.48 bits per heavy atom. The number of benzene rings is 4. The number of hydrogen-bond acceptors (Lipinski definition) is 1. The molecule has 0 saturated heterocycles. The number of aryl methyl sites for hydroxylation is 3. The normalized spacial score (nSPS) is 11.0. The van der Waals surface area contributed by atoms with Gasteiger partial charge >= 0.3 is 0 Å². The third-order valence-electron chi connectivity index (χ3n) is 6.23. The number of fused-ring (bicyclic) bond motifs is 1. The lowest BCUT2D eigenvalue weighted by Gasteiger charge is -2.10. The Balaban J connectivity index is 1.50. The molecule has 0 aliphatic rings. The van der Waals surface area contributed by atoms with Gasteiger partial charge in [-0.1, -0.05) is 74.4 Å². The lowest BCUT2D eigenvalue weighted by atomic mass is 9.96. The molecule has 0 amide bonds. The summed E-state index contributed by atoms with van der Waals surface area (Å²) in [4.78, 5) is 0. The molecule has 4 aromatic rings. The molecule has 0 N–H and O–H groups in total. The van der Waals surface area contributed by atoms with E-state index in [1.807, 2.05) is 36.4 Å². The van der Waals surface area contributed by atoms with Crippen LogP contribution in [0.15, 0.2) is 72.8 Å². The second-order valence-electron chi connectivity index (χ2n) is 8.55. The zero-order valence-corrected chi connectivity index (χ0v) is 18.9. The Morgan fingerprint density at radius 3 is 2.21 bits per heavy atom. The van der Waals surface area contributed by atoms with Crippen molar-refractivity contribution in [1.29, 1.82) is 5.26 Å². The number of halogens is 2. The van der Waals surface area contributed by atoms with E-state index in [0.29, 0.717) is 23.8 Å². The molecule has 0 fully saturated rings. The summed E-state index contributed by atoms with van der Waals surface area (Å²) in [5.41, 5.74) is 4.94. The number of hydrogen-bond donors (Lipinski definition) is 0. The van der Waals surface area contributed by atoms with Crippen LogP contribution >= 0.6 is 0 Å². The van der Waals surface area contributed by atoms with E-state index in [9.17, 15) is 4.39 Å². The predicted molar refractivity (Wildman–Crippen MR) is 131 cm³/mol. The summed E-state index contributed by atoms with van der Waals surface area (Å²) in [6.07, 6.45) is 5.77.